The van der Waals surface area contributed by atoms with Crippen LogP contribution in [0.25, 0.3) is 0 Å². The number of alkyl halides is 3. The van der Waals surface area contributed by atoms with Gasteiger partial charge in [0.1, 0.15) is 0 Å². The Hall–Kier alpha value is -2.24. The molecule has 6 heteroatoms. The van der Waals surface area contributed by atoms with Crippen LogP contribution in [-0.4, -0.2) is 10.5 Å². The Morgan fingerprint density at radius 1 is 1.15 bits per heavy atom. The van der Waals surface area contributed by atoms with Crippen LogP contribution in [-0.2, 0) is 13.2 Å². The van der Waals surface area contributed by atoms with Crippen molar-refractivity contribution in [2.24, 2.45) is 12.5 Å². The van der Waals surface area contributed by atoms with Crippen molar-refractivity contribution in [3.63, 3.8) is 0 Å². The van der Waals surface area contributed by atoms with Crippen LogP contribution in [0.3, 0.4) is 0 Å². The molecule has 26 heavy (non-hydrogen) atoms. The fourth-order valence-corrected chi connectivity index (χ4v) is 3.25. The molecule has 2 aromatic rings. The predicted octanol–water partition coefficient (Wildman–Crippen LogP) is 5.84. The van der Waals surface area contributed by atoms with Crippen LogP contribution in [0.15, 0.2) is 36.7 Å². The minimum atomic E-state index is -4.58. The Bertz CT molecular complexity index is 785. The standard InChI is InChI=1S/C20H25F3N2O/c1-13(10-19(2,3)4)14-8-6-7-9-17(14)24-18(26)15-11-25(5)12-16(15)20(21,22)23/h6-9,11-13H,10H2,1-5H3,(H,24,26). The number of rotatable bonds is 4. The molecule has 1 aromatic heterocycles. The molecule has 0 saturated carbocycles. The lowest BCUT2D eigenvalue weighted by atomic mass is 9.82. The van der Waals surface area contributed by atoms with E-state index in [0.717, 1.165) is 18.2 Å². The minimum absolute atomic E-state index is 0.0966. The molecule has 1 heterocycles. The maximum atomic E-state index is 13.2. The molecule has 0 aliphatic heterocycles. The summed E-state index contributed by atoms with van der Waals surface area (Å²) in [5.74, 6) is -0.599. The van der Waals surface area contributed by atoms with Crippen molar-refractivity contribution >= 4 is 11.6 Å². The SMILES string of the molecule is CC(CC(C)(C)C)c1ccccc1NC(=O)c1cn(C)cc1C(F)(F)F. The third kappa shape index (κ3) is 4.90. The van der Waals surface area contributed by atoms with E-state index >= 15 is 0 Å². The van der Waals surface area contributed by atoms with Crippen LogP contribution >= 0.6 is 0 Å². The predicted molar refractivity (Wildman–Crippen MR) is 97.3 cm³/mol. The zero-order valence-corrected chi connectivity index (χ0v) is 15.7. The number of anilines is 1. The molecular weight excluding hydrogens is 341 g/mol. The molecule has 1 aromatic carbocycles. The van der Waals surface area contributed by atoms with Gasteiger partial charge >= 0.3 is 6.18 Å². The maximum absolute atomic E-state index is 13.2. The smallest absolute Gasteiger partial charge is 0.356 e. The first kappa shape index (κ1) is 20.1. The van der Waals surface area contributed by atoms with Crippen LogP contribution in [0.5, 0.6) is 0 Å². The number of halogens is 3. The van der Waals surface area contributed by atoms with Gasteiger partial charge in [0.2, 0.25) is 0 Å². The Morgan fingerprint density at radius 3 is 2.35 bits per heavy atom. The first-order valence-electron chi connectivity index (χ1n) is 8.52. The van der Waals surface area contributed by atoms with Gasteiger partial charge in [-0.05, 0) is 29.4 Å². The fourth-order valence-electron chi connectivity index (χ4n) is 3.25. The van der Waals surface area contributed by atoms with E-state index in [1.54, 1.807) is 12.1 Å². The number of carbonyl (C=O) groups excluding carboxylic acids is 1. The second kappa shape index (κ2) is 7.17. The lowest BCUT2D eigenvalue weighted by molar-refractivity contribution is -0.137. The van der Waals surface area contributed by atoms with Crippen molar-refractivity contribution in [3.05, 3.63) is 53.3 Å². The summed E-state index contributed by atoms with van der Waals surface area (Å²) in [4.78, 5) is 12.5. The van der Waals surface area contributed by atoms with Gasteiger partial charge in [0.05, 0.1) is 11.1 Å². The molecular formula is C20H25F3N2O. The number of para-hydroxylation sites is 1. The molecule has 0 aliphatic rings. The van der Waals surface area contributed by atoms with Gasteiger partial charge in [-0.15, -0.1) is 0 Å². The number of hydrogen-bond donors (Lipinski definition) is 1. The van der Waals surface area contributed by atoms with Crippen molar-refractivity contribution in [1.29, 1.82) is 0 Å². The molecule has 1 amide bonds. The summed E-state index contributed by atoms with van der Waals surface area (Å²) in [7, 11) is 1.46. The second-order valence-electron chi connectivity index (χ2n) is 7.96. The number of carbonyl (C=O) groups is 1. The summed E-state index contributed by atoms with van der Waals surface area (Å²) in [5, 5.41) is 2.67. The van der Waals surface area contributed by atoms with Gasteiger partial charge in [0, 0.05) is 25.1 Å². The Morgan fingerprint density at radius 2 is 1.77 bits per heavy atom. The van der Waals surface area contributed by atoms with E-state index < -0.39 is 17.6 Å². The van der Waals surface area contributed by atoms with Crippen LogP contribution < -0.4 is 5.32 Å². The van der Waals surface area contributed by atoms with Crippen LogP contribution in [0.4, 0.5) is 18.9 Å². The lowest BCUT2D eigenvalue weighted by Crippen LogP contribution is -2.18. The molecule has 0 bridgehead atoms. The van der Waals surface area contributed by atoms with Gasteiger partial charge in [-0.3, -0.25) is 4.79 Å². The summed E-state index contributed by atoms with van der Waals surface area (Å²) in [6.07, 6.45) is -1.58. The van der Waals surface area contributed by atoms with Crippen molar-refractivity contribution in [3.8, 4) is 0 Å². The topological polar surface area (TPSA) is 34.0 Å². The van der Waals surface area contributed by atoms with Gasteiger partial charge in [-0.2, -0.15) is 13.2 Å². The van der Waals surface area contributed by atoms with E-state index in [0.29, 0.717) is 5.69 Å². The highest BCUT2D eigenvalue weighted by Crippen LogP contribution is 2.36. The van der Waals surface area contributed by atoms with E-state index in [9.17, 15) is 18.0 Å². The van der Waals surface area contributed by atoms with Crippen molar-refractivity contribution < 1.29 is 18.0 Å². The third-order valence-corrected chi connectivity index (χ3v) is 4.16. The van der Waals surface area contributed by atoms with Gasteiger partial charge in [-0.25, -0.2) is 0 Å². The first-order chi connectivity index (χ1) is 11.9. The number of hydrogen-bond acceptors (Lipinski definition) is 1. The van der Waals surface area contributed by atoms with Gasteiger partial charge in [0.25, 0.3) is 5.91 Å². The van der Waals surface area contributed by atoms with Crippen molar-refractivity contribution in [2.45, 2.75) is 46.2 Å². The Kier molecular flexibility index (Phi) is 5.54. The average Bonchev–Trinajstić information content (AvgIpc) is 2.88. The Labute approximate surface area is 152 Å². The van der Waals surface area contributed by atoms with Crippen LogP contribution in [0.2, 0.25) is 0 Å². The van der Waals surface area contributed by atoms with E-state index in [2.05, 4.69) is 33.0 Å². The highest BCUT2D eigenvalue weighted by molar-refractivity contribution is 6.05. The molecule has 0 fully saturated rings. The molecule has 1 unspecified atom stereocenters. The van der Waals surface area contributed by atoms with E-state index in [4.69, 9.17) is 0 Å². The summed E-state index contributed by atoms with van der Waals surface area (Å²) in [6.45, 7) is 8.44. The minimum Gasteiger partial charge on any atom is -0.356 e. The first-order valence-corrected chi connectivity index (χ1v) is 8.52. The largest absolute Gasteiger partial charge is 0.418 e. The highest BCUT2D eigenvalue weighted by atomic mass is 19.4. The van der Waals surface area contributed by atoms with E-state index in [1.165, 1.54) is 17.8 Å². The van der Waals surface area contributed by atoms with E-state index in [-0.39, 0.29) is 16.9 Å². The van der Waals surface area contributed by atoms with E-state index in [1.807, 2.05) is 12.1 Å². The van der Waals surface area contributed by atoms with Crippen LogP contribution in [0, 0.1) is 5.41 Å². The summed E-state index contributed by atoms with van der Waals surface area (Å²) < 4.78 is 40.7. The molecule has 2 rings (SSSR count). The number of nitrogens with one attached hydrogen (secondary N) is 1. The number of aryl methyl sites for hydroxylation is 1. The van der Waals surface area contributed by atoms with Gasteiger partial charge in [-0.1, -0.05) is 45.9 Å². The zero-order valence-electron chi connectivity index (χ0n) is 15.7. The third-order valence-electron chi connectivity index (χ3n) is 4.16. The molecule has 1 N–H and O–H groups in total. The highest BCUT2D eigenvalue weighted by Gasteiger charge is 2.36. The van der Waals surface area contributed by atoms with Crippen molar-refractivity contribution in [2.75, 3.05) is 5.32 Å². The summed E-state index contributed by atoms with van der Waals surface area (Å²) >= 11 is 0. The summed E-state index contributed by atoms with van der Waals surface area (Å²) in [6, 6.07) is 7.26. The zero-order chi connectivity index (χ0) is 19.7. The molecule has 1 atom stereocenters. The van der Waals surface area contributed by atoms with Crippen LogP contribution in [0.1, 0.15) is 61.5 Å². The molecule has 0 saturated heterocycles. The molecule has 0 radical (unpaired) electrons. The maximum Gasteiger partial charge on any atom is 0.418 e. The monoisotopic (exact) mass is 366 g/mol. The molecule has 0 spiro atoms. The average molecular weight is 366 g/mol. The van der Waals surface area contributed by atoms with Gasteiger partial charge < -0.3 is 9.88 Å². The number of aromatic nitrogens is 1. The molecule has 3 nitrogen and oxygen atoms in total. The molecule has 0 aliphatic carbocycles. The second-order valence-corrected chi connectivity index (χ2v) is 7.96. The quantitative estimate of drug-likeness (QED) is 0.725. The summed E-state index contributed by atoms with van der Waals surface area (Å²) in [5.41, 5.74) is 0.252. The van der Waals surface area contributed by atoms with Crippen molar-refractivity contribution in [1.82, 2.24) is 4.57 Å². The number of nitrogens with zero attached hydrogens (tertiary/aromatic N) is 1. The molecule has 142 valence electrons. The Balaban J connectivity index is 2.32. The fraction of sp³-hybridized carbons (Fsp3) is 0.450. The normalized spacial score (nSPS) is 13.5. The number of benzene rings is 1. The number of amides is 1. The van der Waals surface area contributed by atoms with Gasteiger partial charge in [0.15, 0.2) is 0 Å². The lowest BCUT2D eigenvalue weighted by Gasteiger charge is -2.25.